The highest BCUT2D eigenvalue weighted by Crippen LogP contribution is 2.38. The second-order valence-electron chi connectivity index (χ2n) is 7.61. The number of hydrogen-bond acceptors (Lipinski definition) is 7. The van der Waals surface area contributed by atoms with Gasteiger partial charge in [0, 0.05) is 24.2 Å². The van der Waals surface area contributed by atoms with Gasteiger partial charge in [0.05, 0.1) is 10.7 Å². The molecule has 2 N–H and O–H groups in total. The molecule has 0 atom stereocenters. The summed E-state index contributed by atoms with van der Waals surface area (Å²) in [5.74, 6) is 1.21. The molecular weight excluding hydrogens is 382 g/mol. The molecule has 0 unspecified atom stereocenters. The van der Waals surface area contributed by atoms with Gasteiger partial charge in [0.2, 0.25) is 5.65 Å². The van der Waals surface area contributed by atoms with Crippen molar-refractivity contribution in [3.8, 4) is 0 Å². The highest BCUT2D eigenvalue weighted by molar-refractivity contribution is 7.99. The number of rotatable bonds is 3. The normalized spacial score (nSPS) is 16.8. The third-order valence-electron chi connectivity index (χ3n) is 5.05. The lowest BCUT2D eigenvalue weighted by Crippen LogP contribution is -2.38. The Morgan fingerprint density at radius 1 is 1.26 bits per heavy atom. The van der Waals surface area contributed by atoms with Crippen LogP contribution < -0.4 is 10.6 Å². The van der Waals surface area contributed by atoms with Gasteiger partial charge in [-0.3, -0.25) is 4.40 Å². The van der Waals surface area contributed by atoms with Gasteiger partial charge >= 0.3 is 0 Å². The summed E-state index contributed by atoms with van der Waals surface area (Å²) in [6.45, 7) is 8.58. The summed E-state index contributed by atoms with van der Waals surface area (Å²) < 4.78 is 1.98. The number of anilines is 2. The van der Waals surface area contributed by atoms with E-state index in [1.165, 1.54) is 11.8 Å². The van der Waals surface area contributed by atoms with Crippen LogP contribution in [0, 0.1) is 12.3 Å². The molecule has 142 valence electrons. The molecule has 1 aliphatic heterocycles. The Labute approximate surface area is 167 Å². The van der Waals surface area contributed by atoms with Crippen molar-refractivity contribution in [3.05, 3.63) is 29.3 Å². The summed E-state index contributed by atoms with van der Waals surface area (Å²) >= 11 is 7.82. The third kappa shape index (κ3) is 3.43. The van der Waals surface area contributed by atoms with Gasteiger partial charge in [-0.15, -0.1) is 10.2 Å². The largest absolute Gasteiger partial charge is 0.382 e. The second kappa shape index (κ2) is 6.83. The molecule has 4 rings (SSSR count). The van der Waals surface area contributed by atoms with Crippen LogP contribution in [0.3, 0.4) is 0 Å². The van der Waals surface area contributed by atoms with Crippen LogP contribution in [-0.4, -0.2) is 37.7 Å². The number of halogens is 1. The summed E-state index contributed by atoms with van der Waals surface area (Å²) in [7, 11) is 0. The van der Waals surface area contributed by atoms with Gasteiger partial charge in [-0.2, -0.15) is 0 Å². The molecule has 9 heteroatoms. The lowest BCUT2D eigenvalue weighted by atomic mass is 9.83. The van der Waals surface area contributed by atoms with Crippen LogP contribution in [0.25, 0.3) is 5.65 Å². The lowest BCUT2D eigenvalue weighted by Gasteiger charge is -2.37. The van der Waals surface area contributed by atoms with Gasteiger partial charge < -0.3 is 10.6 Å². The first-order valence-electron chi connectivity index (χ1n) is 8.89. The molecule has 0 bridgehead atoms. The van der Waals surface area contributed by atoms with Crippen molar-refractivity contribution in [3.63, 3.8) is 0 Å². The fraction of sp³-hybridized carbons (Fsp3) is 0.444. The minimum Gasteiger partial charge on any atom is -0.382 e. The molecule has 4 heterocycles. The standard InChI is InChI=1S/C18H22ClN7S/c1-11-17(27-12-4-7-21-14(20)13(12)19)26-10-22-24-16(26)15(23-11)25-8-5-18(2,3)6-9-25/h4,7,10H,5-6,8-9H2,1-3H3,(H2,20,21). The number of nitrogens with zero attached hydrogens (tertiary/aromatic N) is 6. The van der Waals surface area contributed by atoms with Crippen molar-refractivity contribution in [2.45, 2.75) is 43.5 Å². The minimum atomic E-state index is 0.319. The Morgan fingerprint density at radius 2 is 2.00 bits per heavy atom. The maximum atomic E-state index is 6.32. The van der Waals surface area contributed by atoms with Crippen LogP contribution in [0.15, 0.2) is 28.5 Å². The van der Waals surface area contributed by atoms with Crippen molar-refractivity contribution in [2.75, 3.05) is 23.7 Å². The number of nitrogens with two attached hydrogens (primary N) is 1. The molecular formula is C18H22ClN7S. The molecule has 1 fully saturated rings. The van der Waals surface area contributed by atoms with E-state index >= 15 is 0 Å². The first kappa shape index (κ1) is 18.3. The highest BCUT2D eigenvalue weighted by Gasteiger charge is 2.28. The van der Waals surface area contributed by atoms with E-state index in [0.29, 0.717) is 16.3 Å². The minimum absolute atomic E-state index is 0.319. The van der Waals surface area contributed by atoms with Gasteiger partial charge in [0.1, 0.15) is 17.2 Å². The summed E-state index contributed by atoms with van der Waals surface area (Å²) in [6.07, 6.45) is 5.65. The molecule has 0 saturated carbocycles. The average molecular weight is 404 g/mol. The predicted molar refractivity (Wildman–Crippen MR) is 109 cm³/mol. The molecule has 3 aromatic heterocycles. The van der Waals surface area contributed by atoms with E-state index in [0.717, 1.165) is 53.0 Å². The zero-order valence-corrected chi connectivity index (χ0v) is 17.2. The Balaban J connectivity index is 1.73. The van der Waals surface area contributed by atoms with E-state index in [1.54, 1.807) is 12.5 Å². The highest BCUT2D eigenvalue weighted by atomic mass is 35.5. The average Bonchev–Trinajstić information content (AvgIpc) is 3.10. The van der Waals surface area contributed by atoms with Gasteiger partial charge in [0.15, 0.2) is 5.82 Å². The first-order valence-corrected chi connectivity index (χ1v) is 10.1. The van der Waals surface area contributed by atoms with Gasteiger partial charge in [-0.25, -0.2) is 9.97 Å². The molecule has 0 aliphatic carbocycles. The summed E-state index contributed by atoms with van der Waals surface area (Å²) in [6, 6.07) is 1.85. The summed E-state index contributed by atoms with van der Waals surface area (Å²) in [5, 5.41) is 9.84. The van der Waals surface area contributed by atoms with Crippen LogP contribution >= 0.6 is 23.4 Å². The topological polar surface area (TPSA) is 85.2 Å². The zero-order valence-electron chi connectivity index (χ0n) is 15.6. The van der Waals surface area contributed by atoms with Crippen LogP contribution in [0.4, 0.5) is 11.6 Å². The fourth-order valence-electron chi connectivity index (χ4n) is 3.25. The number of piperidine rings is 1. The Morgan fingerprint density at radius 3 is 2.74 bits per heavy atom. The molecule has 1 aliphatic rings. The van der Waals surface area contributed by atoms with Crippen LogP contribution in [0.1, 0.15) is 32.4 Å². The van der Waals surface area contributed by atoms with E-state index in [2.05, 4.69) is 33.9 Å². The van der Waals surface area contributed by atoms with E-state index in [4.69, 9.17) is 22.3 Å². The van der Waals surface area contributed by atoms with E-state index in [-0.39, 0.29) is 0 Å². The molecule has 0 spiro atoms. The van der Waals surface area contributed by atoms with E-state index in [9.17, 15) is 0 Å². The number of aromatic nitrogens is 5. The number of nitrogen functional groups attached to an aromatic ring is 1. The van der Waals surface area contributed by atoms with Crippen LogP contribution in [-0.2, 0) is 0 Å². The fourth-order valence-corrected chi connectivity index (χ4v) is 4.43. The predicted octanol–water partition coefficient (Wildman–Crippen LogP) is 3.84. The maximum absolute atomic E-state index is 6.32. The molecule has 0 aromatic carbocycles. The molecule has 1 saturated heterocycles. The molecule has 0 amide bonds. The van der Waals surface area contributed by atoms with Crippen molar-refractivity contribution in [1.29, 1.82) is 0 Å². The molecule has 3 aromatic rings. The Kier molecular flexibility index (Phi) is 4.63. The molecule has 7 nitrogen and oxygen atoms in total. The zero-order chi connectivity index (χ0) is 19.2. The first-order chi connectivity index (χ1) is 12.9. The van der Waals surface area contributed by atoms with Crippen molar-refractivity contribution in [2.24, 2.45) is 5.41 Å². The van der Waals surface area contributed by atoms with Crippen molar-refractivity contribution >= 4 is 40.6 Å². The van der Waals surface area contributed by atoms with Crippen LogP contribution in [0.5, 0.6) is 0 Å². The van der Waals surface area contributed by atoms with Crippen molar-refractivity contribution in [1.82, 2.24) is 24.6 Å². The van der Waals surface area contributed by atoms with Gasteiger partial charge in [-0.05, 0) is 31.2 Å². The number of hydrogen-bond donors (Lipinski definition) is 1. The number of aryl methyl sites for hydroxylation is 1. The quantitative estimate of drug-likeness (QED) is 0.710. The molecule has 0 radical (unpaired) electrons. The molecule has 27 heavy (non-hydrogen) atoms. The van der Waals surface area contributed by atoms with Crippen molar-refractivity contribution < 1.29 is 0 Å². The van der Waals surface area contributed by atoms with Crippen LogP contribution in [0.2, 0.25) is 5.02 Å². The smallest absolute Gasteiger partial charge is 0.204 e. The maximum Gasteiger partial charge on any atom is 0.204 e. The van der Waals surface area contributed by atoms with E-state index < -0.39 is 0 Å². The summed E-state index contributed by atoms with van der Waals surface area (Å²) in [5.41, 5.74) is 7.88. The second-order valence-corrected chi connectivity index (χ2v) is 9.02. The third-order valence-corrected chi connectivity index (χ3v) is 6.81. The van der Waals surface area contributed by atoms with E-state index in [1.807, 2.05) is 17.4 Å². The Hall–Kier alpha value is -2.06. The SMILES string of the molecule is Cc1nc(N2CCC(C)(C)CC2)c2nncn2c1Sc1ccnc(N)c1Cl. The summed E-state index contributed by atoms with van der Waals surface area (Å²) in [4.78, 5) is 12.1. The monoisotopic (exact) mass is 403 g/mol. The number of pyridine rings is 1. The number of fused-ring (bicyclic) bond motifs is 1. The lowest BCUT2D eigenvalue weighted by molar-refractivity contribution is 0.279. The van der Waals surface area contributed by atoms with Gasteiger partial charge in [-0.1, -0.05) is 37.2 Å². The Bertz CT molecular complexity index is 991. The van der Waals surface area contributed by atoms with Gasteiger partial charge in [0.25, 0.3) is 0 Å².